The molecule has 2 nitrogen and oxygen atoms in total. The van der Waals surface area contributed by atoms with Gasteiger partial charge in [0.1, 0.15) is 0 Å². The Morgan fingerprint density at radius 2 is 1.50 bits per heavy atom. The highest BCUT2D eigenvalue weighted by Gasteiger charge is 2.05. The van der Waals surface area contributed by atoms with Crippen LogP contribution in [0.1, 0.15) is 11.1 Å². The molecule has 0 radical (unpaired) electrons. The van der Waals surface area contributed by atoms with Crippen molar-refractivity contribution in [2.45, 2.75) is 17.2 Å². The topological polar surface area (TPSA) is 43.1 Å². The Hall–Kier alpha value is -1.16. The third kappa shape index (κ3) is 3.42. The molecule has 0 saturated carbocycles. The van der Waals surface area contributed by atoms with Gasteiger partial charge in [-0.3, -0.25) is 4.21 Å². The van der Waals surface area contributed by atoms with Gasteiger partial charge in [0.15, 0.2) is 0 Å². The van der Waals surface area contributed by atoms with E-state index in [0.29, 0.717) is 17.3 Å². The number of nitrogens with two attached hydrogens (primary N) is 1. The lowest BCUT2D eigenvalue weighted by Crippen LogP contribution is -1.98. The molecular formula is C14H14ClNOS. The van der Waals surface area contributed by atoms with Crippen molar-refractivity contribution < 1.29 is 4.21 Å². The maximum atomic E-state index is 12.1. The summed E-state index contributed by atoms with van der Waals surface area (Å²) in [6, 6.07) is 15.0. The second-order valence-electron chi connectivity index (χ2n) is 3.96. The molecule has 2 N–H and O–H groups in total. The van der Waals surface area contributed by atoms with Crippen LogP contribution < -0.4 is 5.73 Å². The average molecular weight is 280 g/mol. The molecule has 0 heterocycles. The summed E-state index contributed by atoms with van der Waals surface area (Å²) in [6.45, 7) is 0.528. The number of benzene rings is 2. The molecule has 2 rings (SSSR count). The van der Waals surface area contributed by atoms with Crippen LogP contribution >= 0.6 is 11.6 Å². The molecule has 18 heavy (non-hydrogen) atoms. The van der Waals surface area contributed by atoms with Crippen LogP contribution in [-0.2, 0) is 23.1 Å². The Kier molecular flexibility index (Phi) is 4.53. The summed E-state index contributed by atoms with van der Waals surface area (Å²) in [4.78, 5) is 0.794. The first kappa shape index (κ1) is 13.3. The molecule has 0 bridgehead atoms. The van der Waals surface area contributed by atoms with Crippen molar-refractivity contribution in [3.63, 3.8) is 0 Å². The summed E-state index contributed by atoms with van der Waals surface area (Å²) < 4.78 is 12.1. The molecule has 2 aromatic rings. The van der Waals surface area contributed by atoms with Crippen LogP contribution in [0.2, 0.25) is 5.02 Å². The van der Waals surface area contributed by atoms with Crippen molar-refractivity contribution in [2.24, 2.45) is 5.73 Å². The number of hydrogen-bond donors (Lipinski definition) is 1. The van der Waals surface area contributed by atoms with Gasteiger partial charge in [0, 0.05) is 16.5 Å². The maximum Gasteiger partial charge on any atom is 0.0574 e. The molecule has 1 unspecified atom stereocenters. The number of halogens is 1. The molecule has 0 saturated heterocycles. The van der Waals surface area contributed by atoms with Crippen molar-refractivity contribution in [1.82, 2.24) is 0 Å². The quantitative estimate of drug-likeness (QED) is 0.934. The van der Waals surface area contributed by atoms with E-state index in [2.05, 4.69) is 0 Å². The van der Waals surface area contributed by atoms with Gasteiger partial charge in [0.25, 0.3) is 0 Å². The van der Waals surface area contributed by atoms with Crippen molar-refractivity contribution in [2.75, 3.05) is 0 Å². The van der Waals surface area contributed by atoms with Gasteiger partial charge in [-0.25, -0.2) is 0 Å². The molecule has 1 atom stereocenters. The zero-order chi connectivity index (χ0) is 13.0. The Morgan fingerprint density at radius 3 is 2.06 bits per heavy atom. The predicted molar refractivity (Wildman–Crippen MR) is 75.9 cm³/mol. The Balaban J connectivity index is 2.08. The van der Waals surface area contributed by atoms with Gasteiger partial charge in [-0.1, -0.05) is 35.9 Å². The van der Waals surface area contributed by atoms with E-state index in [9.17, 15) is 4.21 Å². The Bertz CT molecular complexity index is 537. The lowest BCUT2D eigenvalue weighted by atomic mass is 10.1. The van der Waals surface area contributed by atoms with E-state index in [1.807, 2.05) is 24.3 Å². The minimum absolute atomic E-state index is 0.506. The summed E-state index contributed by atoms with van der Waals surface area (Å²) in [5.74, 6) is 0.506. The van der Waals surface area contributed by atoms with Crippen LogP contribution in [0.5, 0.6) is 0 Å². The maximum absolute atomic E-state index is 12.1. The van der Waals surface area contributed by atoms with Gasteiger partial charge in [-0.05, 0) is 35.4 Å². The van der Waals surface area contributed by atoms with Crippen molar-refractivity contribution in [1.29, 1.82) is 0 Å². The van der Waals surface area contributed by atoms with E-state index >= 15 is 0 Å². The molecule has 2 aromatic carbocycles. The second kappa shape index (κ2) is 6.14. The summed E-state index contributed by atoms with van der Waals surface area (Å²) in [7, 11) is -1.04. The van der Waals surface area contributed by atoms with Crippen LogP contribution in [0.15, 0.2) is 53.4 Å². The van der Waals surface area contributed by atoms with Gasteiger partial charge in [0.05, 0.1) is 16.6 Å². The Morgan fingerprint density at radius 1 is 0.944 bits per heavy atom. The van der Waals surface area contributed by atoms with Gasteiger partial charge in [-0.15, -0.1) is 0 Å². The first-order chi connectivity index (χ1) is 8.69. The second-order valence-corrected chi connectivity index (χ2v) is 5.85. The molecule has 0 aliphatic carbocycles. The molecule has 0 aromatic heterocycles. The minimum atomic E-state index is -1.04. The summed E-state index contributed by atoms with van der Waals surface area (Å²) in [6.07, 6.45) is 0. The summed E-state index contributed by atoms with van der Waals surface area (Å²) in [5, 5.41) is 0.656. The molecule has 0 aliphatic heterocycles. The third-order valence-electron chi connectivity index (χ3n) is 2.63. The van der Waals surface area contributed by atoms with Gasteiger partial charge >= 0.3 is 0 Å². The zero-order valence-electron chi connectivity index (χ0n) is 9.80. The van der Waals surface area contributed by atoms with Crippen molar-refractivity contribution >= 4 is 22.4 Å². The molecule has 0 spiro atoms. The van der Waals surface area contributed by atoms with Gasteiger partial charge in [0.2, 0.25) is 0 Å². The number of rotatable bonds is 4. The third-order valence-corrected chi connectivity index (χ3v) is 4.28. The van der Waals surface area contributed by atoms with E-state index in [0.717, 1.165) is 16.0 Å². The smallest absolute Gasteiger partial charge is 0.0574 e. The standard InChI is InChI=1S/C14H14ClNOS/c15-13-5-7-14(8-6-13)18(17)10-12-3-1-11(9-16)2-4-12/h1-8H,9-10,16H2. The van der Waals surface area contributed by atoms with E-state index in [4.69, 9.17) is 17.3 Å². The SMILES string of the molecule is NCc1ccc(CS(=O)c2ccc(Cl)cc2)cc1. The molecule has 0 fully saturated rings. The van der Waals surface area contributed by atoms with Gasteiger partial charge in [-0.2, -0.15) is 0 Å². The highest BCUT2D eigenvalue weighted by Crippen LogP contribution is 2.16. The van der Waals surface area contributed by atoms with E-state index in [1.54, 1.807) is 24.3 Å². The Labute approximate surface area is 114 Å². The fraction of sp³-hybridized carbons (Fsp3) is 0.143. The van der Waals surface area contributed by atoms with Crippen molar-refractivity contribution in [3.05, 3.63) is 64.7 Å². The zero-order valence-corrected chi connectivity index (χ0v) is 11.4. The molecule has 94 valence electrons. The van der Waals surface area contributed by atoms with Crippen LogP contribution in [0.4, 0.5) is 0 Å². The van der Waals surface area contributed by atoms with Gasteiger partial charge < -0.3 is 5.73 Å². The largest absolute Gasteiger partial charge is 0.326 e. The first-order valence-corrected chi connectivity index (χ1v) is 7.30. The summed E-state index contributed by atoms with van der Waals surface area (Å²) in [5.41, 5.74) is 7.66. The molecule has 0 amide bonds. The molecule has 0 aliphatic rings. The minimum Gasteiger partial charge on any atom is -0.326 e. The highest BCUT2D eigenvalue weighted by molar-refractivity contribution is 7.84. The first-order valence-electron chi connectivity index (χ1n) is 5.61. The van der Waals surface area contributed by atoms with E-state index in [1.165, 1.54) is 0 Å². The number of hydrogen-bond acceptors (Lipinski definition) is 2. The molecular weight excluding hydrogens is 266 g/mol. The fourth-order valence-electron chi connectivity index (χ4n) is 1.59. The van der Waals surface area contributed by atoms with Crippen LogP contribution in [0.25, 0.3) is 0 Å². The predicted octanol–water partition coefficient (Wildman–Crippen LogP) is 3.11. The fourth-order valence-corrected chi connectivity index (χ4v) is 2.82. The average Bonchev–Trinajstić information content (AvgIpc) is 2.40. The lowest BCUT2D eigenvalue weighted by molar-refractivity contribution is 0.682. The monoisotopic (exact) mass is 279 g/mol. The van der Waals surface area contributed by atoms with Crippen LogP contribution in [-0.4, -0.2) is 4.21 Å². The lowest BCUT2D eigenvalue weighted by Gasteiger charge is -2.04. The normalized spacial score (nSPS) is 12.3. The van der Waals surface area contributed by atoms with Crippen molar-refractivity contribution in [3.8, 4) is 0 Å². The molecule has 4 heteroatoms. The van der Waals surface area contributed by atoms with Crippen LogP contribution in [0, 0.1) is 0 Å². The van der Waals surface area contributed by atoms with E-state index in [-0.39, 0.29) is 0 Å². The van der Waals surface area contributed by atoms with E-state index < -0.39 is 10.8 Å². The van der Waals surface area contributed by atoms with Crippen LogP contribution in [0.3, 0.4) is 0 Å². The summed E-state index contributed by atoms with van der Waals surface area (Å²) >= 11 is 5.80. The highest BCUT2D eigenvalue weighted by atomic mass is 35.5.